The van der Waals surface area contributed by atoms with Gasteiger partial charge in [-0.15, -0.1) is 0 Å². The molecular weight excluding hydrogens is 216 g/mol. The zero-order valence-corrected chi connectivity index (χ0v) is 10.6. The maximum absolute atomic E-state index is 11.4. The van der Waals surface area contributed by atoms with E-state index in [1.807, 2.05) is 25.1 Å². The maximum atomic E-state index is 11.4. The summed E-state index contributed by atoms with van der Waals surface area (Å²) in [6, 6.07) is 6.80. The fourth-order valence-corrected chi connectivity index (χ4v) is 1.22. The van der Waals surface area contributed by atoms with Gasteiger partial charge in [0.15, 0.2) is 0 Å². The first-order valence-electron chi connectivity index (χ1n) is 5.86. The summed E-state index contributed by atoms with van der Waals surface area (Å²) in [5.41, 5.74) is 6.18. The van der Waals surface area contributed by atoms with Gasteiger partial charge < -0.3 is 15.8 Å². The number of anilines is 1. The van der Waals surface area contributed by atoms with E-state index >= 15 is 0 Å². The molecule has 94 valence electrons. The monoisotopic (exact) mass is 236 g/mol. The first-order valence-corrected chi connectivity index (χ1v) is 5.86. The molecule has 0 fully saturated rings. The van der Waals surface area contributed by atoms with Crippen LogP contribution in [0.3, 0.4) is 0 Å². The zero-order valence-electron chi connectivity index (χ0n) is 10.6. The second kappa shape index (κ2) is 6.25. The van der Waals surface area contributed by atoms with Crippen molar-refractivity contribution in [1.82, 2.24) is 0 Å². The van der Waals surface area contributed by atoms with Gasteiger partial charge in [0.1, 0.15) is 5.75 Å². The van der Waals surface area contributed by atoms with Crippen LogP contribution in [0.15, 0.2) is 24.3 Å². The molecule has 0 bridgehead atoms. The average molecular weight is 236 g/mol. The van der Waals surface area contributed by atoms with Gasteiger partial charge in [-0.3, -0.25) is 4.79 Å². The van der Waals surface area contributed by atoms with Crippen molar-refractivity contribution in [1.29, 1.82) is 0 Å². The highest BCUT2D eigenvalue weighted by molar-refractivity contribution is 5.94. The molecule has 0 heterocycles. The molecule has 4 nitrogen and oxygen atoms in total. The number of benzene rings is 1. The molecule has 0 saturated heterocycles. The normalized spacial score (nSPS) is 13.9. The minimum absolute atomic E-state index is 0.161. The highest BCUT2D eigenvalue weighted by Gasteiger charge is 2.08. The molecule has 1 amide bonds. The first-order chi connectivity index (χ1) is 8.02. The van der Waals surface area contributed by atoms with Crippen LogP contribution in [-0.2, 0) is 4.79 Å². The molecule has 0 radical (unpaired) electrons. The minimum atomic E-state index is -0.519. The second-order valence-electron chi connectivity index (χ2n) is 4.14. The molecule has 0 spiro atoms. The van der Waals surface area contributed by atoms with Gasteiger partial charge in [-0.25, -0.2) is 0 Å². The number of nitrogens with two attached hydrogens (primary N) is 1. The molecule has 3 N–H and O–H groups in total. The summed E-state index contributed by atoms with van der Waals surface area (Å²) in [4.78, 5) is 11.4. The number of amides is 1. The van der Waals surface area contributed by atoms with Gasteiger partial charge in [-0.2, -0.15) is 0 Å². The van der Waals surface area contributed by atoms with Gasteiger partial charge in [0.2, 0.25) is 5.91 Å². The molecule has 2 atom stereocenters. The molecule has 0 aromatic heterocycles. The molecule has 0 aliphatic rings. The quantitative estimate of drug-likeness (QED) is 0.823. The summed E-state index contributed by atoms with van der Waals surface area (Å²) in [7, 11) is 0. The highest BCUT2D eigenvalue weighted by atomic mass is 16.5. The van der Waals surface area contributed by atoms with Crippen LogP contribution in [0.4, 0.5) is 5.69 Å². The Bertz CT molecular complexity index is 377. The highest BCUT2D eigenvalue weighted by Crippen LogP contribution is 2.19. The number of ether oxygens (including phenoxy) is 1. The number of nitrogens with one attached hydrogen (secondary N) is 1. The largest absolute Gasteiger partial charge is 0.491 e. The maximum Gasteiger partial charge on any atom is 0.241 e. The van der Waals surface area contributed by atoms with Crippen LogP contribution in [0.5, 0.6) is 5.75 Å². The Morgan fingerprint density at radius 3 is 2.76 bits per heavy atom. The molecule has 2 unspecified atom stereocenters. The van der Waals surface area contributed by atoms with E-state index in [-0.39, 0.29) is 12.0 Å². The molecule has 17 heavy (non-hydrogen) atoms. The van der Waals surface area contributed by atoms with Gasteiger partial charge in [-0.1, -0.05) is 13.0 Å². The Morgan fingerprint density at radius 2 is 2.18 bits per heavy atom. The van der Waals surface area contributed by atoms with E-state index in [0.29, 0.717) is 5.69 Å². The summed E-state index contributed by atoms with van der Waals surface area (Å²) in [5, 5.41) is 2.73. The Kier molecular flexibility index (Phi) is 4.97. The number of rotatable bonds is 5. The topological polar surface area (TPSA) is 64.3 Å². The van der Waals surface area contributed by atoms with E-state index in [1.54, 1.807) is 13.0 Å². The van der Waals surface area contributed by atoms with E-state index in [1.165, 1.54) is 0 Å². The van der Waals surface area contributed by atoms with Crippen LogP contribution < -0.4 is 15.8 Å². The third-order valence-electron chi connectivity index (χ3n) is 2.43. The second-order valence-corrected chi connectivity index (χ2v) is 4.14. The number of carbonyl (C=O) groups excluding carboxylic acids is 1. The Morgan fingerprint density at radius 1 is 1.47 bits per heavy atom. The Hall–Kier alpha value is -1.55. The van der Waals surface area contributed by atoms with Crippen LogP contribution in [0.1, 0.15) is 27.2 Å². The summed E-state index contributed by atoms with van der Waals surface area (Å²) in [6.45, 7) is 5.72. The van der Waals surface area contributed by atoms with E-state index in [0.717, 1.165) is 12.2 Å². The van der Waals surface area contributed by atoms with Crippen molar-refractivity contribution in [3.8, 4) is 5.75 Å². The first kappa shape index (κ1) is 13.5. The fourth-order valence-electron chi connectivity index (χ4n) is 1.22. The smallest absolute Gasteiger partial charge is 0.241 e. The molecule has 1 rings (SSSR count). The van der Waals surface area contributed by atoms with Crippen LogP contribution >= 0.6 is 0 Å². The Balaban J connectivity index is 2.69. The third kappa shape index (κ3) is 4.44. The van der Waals surface area contributed by atoms with Gasteiger partial charge >= 0.3 is 0 Å². The fraction of sp³-hybridized carbons (Fsp3) is 0.462. The van der Waals surface area contributed by atoms with Gasteiger partial charge in [0.25, 0.3) is 0 Å². The summed E-state index contributed by atoms with van der Waals surface area (Å²) >= 11 is 0. The van der Waals surface area contributed by atoms with Crippen molar-refractivity contribution in [2.45, 2.75) is 39.3 Å². The molecule has 1 aromatic rings. The predicted molar refractivity (Wildman–Crippen MR) is 69.1 cm³/mol. The van der Waals surface area contributed by atoms with E-state index in [4.69, 9.17) is 10.5 Å². The Labute approximate surface area is 102 Å². The number of hydrogen-bond acceptors (Lipinski definition) is 3. The SMILES string of the molecule is CCC(C)Oc1cccc(NC(=O)C(C)N)c1. The minimum Gasteiger partial charge on any atom is -0.491 e. The molecule has 1 aromatic carbocycles. The lowest BCUT2D eigenvalue weighted by molar-refractivity contribution is -0.117. The summed E-state index contributed by atoms with van der Waals surface area (Å²) in [6.07, 6.45) is 1.10. The van der Waals surface area contributed by atoms with Crippen LogP contribution in [-0.4, -0.2) is 18.1 Å². The lowest BCUT2D eigenvalue weighted by Gasteiger charge is -2.14. The molecule has 4 heteroatoms. The van der Waals surface area contributed by atoms with Crippen LogP contribution in [0.25, 0.3) is 0 Å². The van der Waals surface area contributed by atoms with E-state index in [2.05, 4.69) is 12.2 Å². The van der Waals surface area contributed by atoms with E-state index < -0.39 is 6.04 Å². The predicted octanol–water partition coefficient (Wildman–Crippen LogP) is 2.15. The van der Waals surface area contributed by atoms with Crippen molar-refractivity contribution < 1.29 is 9.53 Å². The van der Waals surface area contributed by atoms with Crippen LogP contribution in [0.2, 0.25) is 0 Å². The van der Waals surface area contributed by atoms with Gasteiger partial charge in [0, 0.05) is 11.8 Å². The average Bonchev–Trinajstić information content (AvgIpc) is 2.29. The zero-order chi connectivity index (χ0) is 12.8. The summed E-state index contributed by atoms with van der Waals surface area (Å²) in [5.74, 6) is 0.549. The van der Waals surface area contributed by atoms with E-state index in [9.17, 15) is 4.79 Å². The van der Waals surface area contributed by atoms with Gasteiger partial charge in [-0.05, 0) is 32.4 Å². The van der Waals surface area contributed by atoms with Gasteiger partial charge in [0.05, 0.1) is 12.1 Å². The van der Waals surface area contributed by atoms with Crippen molar-refractivity contribution in [3.05, 3.63) is 24.3 Å². The lowest BCUT2D eigenvalue weighted by atomic mass is 10.2. The lowest BCUT2D eigenvalue weighted by Crippen LogP contribution is -2.32. The number of carbonyl (C=O) groups is 1. The molecule has 0 saturated carbocycles. The van der Waals surface area contributed by atoms with Crippen molar-refractivity contribution in [2.24, 2.45) is 5.73 Å². The van der Waals surface area contributed by atoms with Crippen molar-refractivity contribution in [3.63, 3.8) is 0 Å². The van der Waals surface area contributed by atoms with Crippen molar-refractivity contribution >= 4 is 11.6 Å². The summed E-state index contributed by atoms with van der Waals surface area (Å²) < 4.78 is 5.66. The van der Waals surface area contributed by atoms with Crippen molar-refractivity contribution in [2.75, 3.05) is 5.32 Å². The molecule has 0 aliphatic carbocycles. The standard InChI is InChI=1S/C13H20N2O2/c1-4-9(2)17-12-7-5-6-11(8-12)15-13(16)10(3)14/h5-10H,4,14H2,1-3H3,(H,15,16). The third-order valence-corrected chi connectivity index (χ3v) is 2.43. The molecule has 0 aliphatic heterocycles. The molecular formula is C13H20N2O2. The van der Waals surface area contributed by atoms with Crippen LogP contribution in [0, 0.1) is 0 Å². The number of hydrogen-bond donors (Lipinski definition) is 2.